The Morgan fingerprint density at radius 2 is 1.75 bits per heavy atom. The van der Waals surface area contributed by atoms with Crippen molar-refractivity contribution in [1.29, 1.82) is 0 Å². The van der Waals surface area contributed by atoms with Gasteiger partial charge in [0.25, 0.3) is 0 Å². The molecular formula is C17H21NO2. The van der Waals surface area contributed by atoms with Crippen molar-refractivity contribution in [3.8, 4) is 11.5 Å². The van der Waals surface area contributed by atoms with Gasteiger partial charge in [0.1, 0.15) is 11.5 Å². The Balaban J connectivity index is 2.01. The predicted molar refractivity (Wildman–Crippen MR) is 81.1 cm³/mol. The molecule has 0 fully saturated rings. The van der Waals surface area contributed by atoms with Gasteiger partial charge in [-0.3, -0.25) is 0 Å². The summed E-state index contributed by atoms with van der Waals surface area (Å²) >= 11 is 0. The maximum atomic E-state index is 9.50. The average Bonchev–Trinajstić information content (AvgIpc) is 2.47. The van der Waals surface area contributed by atoms with Gasteiger partial charge in [-0.2, -0.15) is 0 Å². The van der Waals surface area contributed by atoms with Gasteiger partial charge in [-0.25, -0.2) is 0 Å². The molecule has 0 bridgehead atoms. The van der Waals surface area contributed by atoms with Gasteiger partial charge in [-0.05, 0) is 60.7 Å². The third kappa shape index (κ3) is 4.00. The summed E-state index contributed by atoms with van der Waals surface area (Å²) in [6.45, 7) is 0.627. The molecule has 0 spiro atoms. The van der Waals surface area contributed by atoms with Crippen LogP contribution < -0.4 is 10.5 Å². The Hall–Kier alpha value is -2.00. The number of rotatable bonds is 6. The summed E-state index contributed by atoms with van der Waals surface area (Å²) in [5.41, 5.74) is 8.25. The fourth-order valence-electron chi connectivity index (χ4n) is 2.35. The highest BCUT2D eigenvalue weighted by molar-refractivity contribution is 5.29. The van der Waals surface area contributed by atoms with Gasteiger partial charge < -0.3 is 15.6 Å². The van der Waals surface area contributed by atoms with Gasteiger partial charge in [0.2, 0.25) is 0 Å². The van der Waals surface area contributed by atoms with Crippen molar-refractivity contribution in [3.05, 3.63) is 59.7 Å². The van der Waals surface area contributed by atoms with E-state index < -0.39 is 0 Å². The second-order valence-electron chi connectivity index (χ2n) is 5.03. The van der Waals surface area contributed by atoms with Crippen LogP contribution in [0.4, 0.5) is 0 Å². The average molecular weight is 271 g/mol. The summed E-state index contributed by atoms with van der Waals surface area (Å²) in [5, 5.41) is 9.50. The zero-order valence-electron chi connectivity index (χ0n) is 11.8. The minimum atomic E-state index is 0.308. The van der Waals surface area contributed by atoms with Crippen LogP contribution in [0, 0.1) is 5.92 Å². The van der Waals surface area contributed by atoms with E-state index in [1.165, 1.54) is 5.56 Å². The van der Waals surface area contributed by atoms with E-state index >= 15 is 0 Å². The molecule has 3 N–H and O–H groups in total. The van der Waals surface area contributed by atoms with Crippen LogP contribution in [-0.2, 0) is 12.8 Å². The van der Waals surface area contributed by atoms with Crippen molar-refractivity contribution in [2.24, 2.45) is 11.7 Å². The Labute approximate surface area is 120 Å². The summed E-state index contributed by atoms with van der Waals surface area (Å²) in [4.78, 5) is 0. The van der Waals surface area contributed by atoms with Gasteiger partial charge in [0.15, 0.2) is 0 Å². The summed E-state index contributed by atoms with van der Waals surface area (Å²) in [6.07, 6.45) is 1.80. The molecule has 2 aromatic carbocycles. The number of hydrogen-bond donors (Lipinski definition) is 2. The van der Waals surface area contributed by atoms with Crippen LogP contribution in [-0.4, -0.2) is 18.8 Å². The first kappa shape index (κ1) is 14.4. The number of ether oxygens (including phenoxy) is 1. The molecule has 0 aliphatic rings. The lowest BCUT2D eigenvalue weighted by Crippen LogP contribution is -2.19. The Morgan fingerprint density at radius 1 is 1.05 bits per heavy atom. The largest absolute Gasteiger partial charge is 0.508 e. The summed E-state index contributed by atoms with van der Waals surface area (Å²) in [7, 11) is 1.67. The fraction of sp³-hybridized carbons (Fsp3) is 0.294. The molecule has 0 aromatic heterocycles. The number of benzene rings is 2. The molecule has 0 aliphatic heterocycles. The topological polar surface area (TPSA) is 55.5 Å². The van der Waals surface area contributed by atoms with Crippen LogP contribution in [0.15, 0.2) is 48.5 Å². The van der Waals surface area contributed by atoms with Gasteiger partial charge in [-0.15, -0.1) is 0 Å². The molecule has 3 heteroatoms. The zero-order chi connectivity index (χ0) is 14.4. The predicted octanol–water partition coefficient (Wildman–Crippen LogP) is 2.76. The van der Waals surface area contributed by atoms with Crippen LogP contribution in [0.5, 0.6) is 11.5 Å². The number of methoxy groups -OCH3 is 1. The zero-order valence-corrected chi connectivity index (χ0v) is 11.8. The Morgan fingerprint density at radius 3 is 2.35 bits per heavy atom. The van der Waals surface area contributed by atoms with Crippen LogP contribution in [0.2, 0.25) is 0 Å². The normalized spacial score (nSPS) is 12.1. The third-order valence-corrected chi connectivity index (χ3v) is 3.45. The highest BCUT2D eigenvalue weighted by Gasteiger charge is 2.09. The monoisotopic (exact) mass is 271 g/mol. The van der Waals surface area contributed by atoms with Crippen molar-refractivity contribution in [1.82, 2.24) is 0 Å². The van der Waals surface area contributed by atoms with E-state index in [1.807, 2.05) is 24.3 Å². The molecule has 2 aromatic rings. The molecular weight excluding hydrogens is 250 g/mol. The Bertz CT molecular complexity index is 537. The minimum Gasteiger partial charge on any atom is -0.508 e. The van der Waals surface area contributed by atoms with E-state index in [2.05, 4.69) is 12.1 Å². The molecule has 1 unspecified atom stereocenters. The van der Waals surface area contributed by atoms with Crippen LogP contribution in [0.3, 0.4) is 0 Å². The lowest BCUT2D eigenvalue weighted by Gasteiger charge is -2.15. The molecule has 20 heavy (non-hydrogen) atoms. The van der Waals surface area contributed by atoms with Gasteiger partial charge in [0.05, 0.1) is 7.11 Å². The number of nitrogens with two attached hydrogens (primary N) is 1. The second kappa shape index (κ2) is 6.96. The second-order valence-corrected chi connectivity index (χ2v) is 5.03. The molecule has 0 radical (unpaired) electrons. The number of aromatic hydroxyl groups is 1. The lowest BCUT2D eigenvalue weighted by atomic mass is 9.92. The first-order valence-corrected chi connectivity index (χ1v) is 6.82. The van der Waals surface area contributed by atoms with Crippen molar-refractivity contribution in [3.63, 3.8) is 0 Å². The summed E-state index contributed by atoms with van der Waals surface area (Å²) < 4.78 is 5.16. The first-order chi connectivity index (χ1) is 9.71. The van der Waals surface area contributed by atoms with Gasteiger partial charge in [-0.1, -0.05) is 24.3 Å². The molecule has 0 heterocycles. The molecule has 0 saturated carbocycles. The van der Waals surface area contributed by atoms with Crippen LogP contribution in [0.1, 0.15) is 11.1 Å². The molecule has 0 saturated heterocycles. The molecule has 2 rings (SSSR count). The van der Waals surface area contributed by atoms with E-state index in [1.54, 1.807) is 19.2 Å². The fourth-order valence-corrected chi connectivity index (χ4v) is 2.35. The van der Waals surface area contributed by atoms with Crippen LogP contribution in [0.25, 0.3) is 0 Å². The van der Waals surface area contributed by atoms with E-state index in [0.717, 1.165) is 24.2 Å². The van der Waals surface area contributed by atoms with Gasteiger partial charge in [0, 0.05) is 0 Å². The van der Waals surface area contributed by atoms with E-state index in [9.17, 15) is 5.11 Å². The van der Waals surface area contributed by atoms with E-state index in [-0.39, 0.29) is 0 Å². The quantitative estimate of drug-likeness (QED) is 0.849. The lowest BCUT2D eigenvalue weighted by molar-refractivity contribution is 0.414. The number of phenols is 1. The van der Waals surface area contributed by atoms with Crippen molar-refractivity contribution >= 4 is 0 Å². The van der Waals surface area contributed by atoms with E-state index in [0.29, 0.717) is 18.2 Å². The SMILES string of the molecule is COc1ccc(CC(CN)Cc2cccc(O)c2)cc1. The molecule has 1 atom stereocenters. The standard InChI is InChI=1S/C17H21NO2/c1-20-17-7-5-13(6-8-17)9-15(12-18)10-14-3-2-4-16(19)11-14/h2-8,11,15,19H,9-10,12,18H2,1H3. The van der Waals surface area contributed by atoms with Crippen LogP contribution >= 0.6 is 0 Å². The van der Waals surface area contributed by atoms with Crippen molar-refractivity contribution in [2.45, 2.75) is 12.8 Å². The third-order valence-electron chi connectivity index (χ3n) is 3.45. The minimum absolute atomic E-state index is 0.308. The molecule has 0 aliphatic carbocycles. The van der Waals surface area contributed by atoms with Crippen molar-refractivity contribution < 1.29 is 9.84 Å². The first-order valence-electron chi connectivity index (χ1n) is 6.82. The molecule has 0 amide bonds. The smallest absolute Gasteiger partial charge is 0.118 e. The molecule has 106 valence electrons. The summed E-state index contributed by atoms with van der Waals surface area (Å²) in [6, 6.07) is 15.5. The maximum absolute atomic E-state index is 9.50. The highest BCUT2D eigenvalue weighted by atomic mass is 16.5. The number of hydrogen-bond acceptors (Lipinski definition) is 3. The Kier molecular flexibility index (Phi) is 5.02. The maximum Gasteiger partial charge on any atom is 0.118 e. The summed E-state index contributed by atoms with van der Waals surface area (Å²) in [5.74, 6) is 1.54. The number of phenolic OH excluding ortho intramolecular Hbond substituents is 1. The highest BCUT2D eigenvalue weighted by Crippen LogP contribution is 2.19. The van der Waals surface area contributed by atoms with Gasteiger partial charge >= 0.3 is 0 Å². The molecule has 3 nitrogen and oxygen atoms in total. The van der Waals surface area contributed by atoms with Crippen molar-refractivity contribution in [2.75, 3.05) is 13.7 Å². The van der Waals surface area contributed by atoms with E-state index in [4.69, 9.17) is 10.5 Å².